The van der Waals surface area contributed by atoms with Crippen LogP contribution in [0.1, 0.15) is 28.1 Å². The zero-order valence-corrected chi connectivity index (χ0v) is 22.4. The third kappa shape index (κ3) is 4.22. The van der Waals surface area contributed by atoms with Gasteiger partial charge in [-0.1, -0.05) is 0 Å². The van der Waals surface area contributed by atoms with E-state index in [9.17, 15) is 23.3 Å². The van der Waals surface area contributed by atoms with E-state index in [1.807, 2.05) is 31.4 Å². The van der Waals surface area contributed by atoms with Gasteiger partial charge in [0.2, 0.25) is 10.0 Å². The molecule has 0 aliphatic carbocycles. The molecule has 2 aliphatic heterocycles. The summed E-state index contributed by atoms with van der Waals surface area (Å²) in [4.78, 5) is 25.7. The molecular formula is C27H28N4O6S. The van der Waals surface area contributed by atoms with Crippen molar-refractivity contribution in [2.24, 2.45) is 0 Å². The predicted molar refractivity (Wildman–Crippen MR) is 144 cm³/mol. The summed E-state index contributed by atoms with van der Waals surface area (Å²) in [6.45, 7) is 6.94. The van der Waals surface area contributed by atoms with Gasteiger partial charge in [-0.05, 0) is 68.3 Å². The number of sulfonamides is 1. The van der Waals surface area contributed by atoms with Gasteiger partial charge in [0, 0.05) is 60.5 Å². The average Bonchev–Trinajstić information content (AvgIpc) is 3.31. The highest BCUT2D eigenvalue weighted by molar-refractivity contribution is 7.89. The number of rotatable bonds is 5. The number of anilines is 1. The van der Waals surface area contributed by atoms with E-state index in [4.69, 9.17) is 4.74 Å². The van der Waals surface area contributed by atoms with Crippen molar-refractivity contribution in [1.29, 1.82) is 0 Å². The van der Waals surface area contributed by atoms with Crippen molar-refractivity contribution in [3.05, 3.63) is 80.7 Å². The van der Waals surface area contributed by atoms with Gasteiger partial charge in [0.25, 0.3) is 11.6 Å². The summed E-state index contributed by atoms with van der Waals surface area (Å²) in [5.74, 6) is -0.225. The lowest BCUT2D eigenvalue weighted by atomic mass is 10.0. The smallest absolute Gasteiger partial charge is 0.269 e. The molecule has 1 aromatic heterocycles. The Morgan fingerprint density at radius 1 is 1.00 bits per heavy atom. The van der Waals surface area contributed by atoms with Gasteiger partial charge in [0.15, 0.2) is 0 Å². The molecule has 0 radical (unpaired) electrons. The fourth-order valence-corrected chi connectivity index (χ4v) is 6.56. The molecule has 11 heteroatoms. The van der Waals surface area contributed by atoms with Crippen molar-refractivity contribution in [3.8, 4) is 5.69 Å². The third-order valence-electron chi connectivity index (χ3n) is 7.16. The Morgan fingerprint density at radius 3 is 2.34 bits per heavy atom. The summed E-state index contributed by atoms with van der Waals surface area (Å²) in [7, 11) is -2.06. The number of likely N-dealkylation sites (N-methyl/N-ethyl adjacent to an activating group) is 1. The van der Waals surface area contributed by atoms with Crippen LogP contribution in [0.4, 0.5) is 11.4 Å². The largest absolute Gasteiger partial charge is 0.379 e. The molecule has 38 heavy (non-hydrogen) atoms. The second kappa shape index (κ2) is 9.50. The van der Waals surface area contributed by atoms with Crippen molar-refractivity contribution >= 4 is 39.0 Å². The molecule has 3 aromatic rings. The molecule has 2 aromatic carbocycles. The Hall–Kier alpha value is -3.80. The Bertz CT molecular complexity index is 1620. The molecule has 1 saturated heterocycles. The Labute approximate surface area is 220 Å². The lowest BCUT2D eigenvalue weighted by Crippen LogP contribution is -2.40. The number of morpholine rings is 1. The van der Waals surface area contributed by atoms with E-state index in [2.05, 4.69) is 0 Å². The Balaban J connectivity index is 1.58. The fourth-order valence-electron chi connectivity index (χ4n) is 5.13. The van der Waals surface area contributed by atoms with Crippen LogP contribution in [-0.4, -0.2) is 61.5 Å². The van der Waals surface area contributed by atoms with Gasteiger partial charge >= 0.3 is 0 Å². The number of nitro benzene ring substituents is 1. The number of nitrogens with zero attached hydrogens (tertiary/aromatic N) is 4. The molecular weight excluding hydrogens is 508 g/mol. The molecule has 198 valence electrons. The molecule has 0 N–H and O–H groups in total. The van der Waals surface area contributed by atoms with Crippen LogP contribution in [0.3, 0.4) is 0 Å². The molecule has 5 rings (SSSR count). The summed E-state index contributed by atoms with van der Waals surface area (Å²) in [6, 6.07) is 11.5. The Kier molecular flexibility index (Phi) is 6.46. The standard InChI is InChI=1S/C27H28N4O6S/c1-17-13-21(31(33)34)5-7-25(17)30-18(2)14-20(19(30)3)15-24-23-16-22(6-8-26(23)28(4)27(24)32)38(35,36)29-9-11-37-12-10-29/h5-8,13-16H,9-12H2,1-4H3/b24-15-. The number of carbonyl (C=O) groups excluding carboxylic acids is 1. The second-order valence-corrected chi connectivity index (χ2v) is 11.4. The van der Waals surface area contributed by atoms with Gasteiger partial charge in [-0.3, -0.25) is 14.9 Å². The van der Waals surface area contributed by atoms with Gasteiger partial charge in [0.1, 0.15) is 0 Å². The van der Waals surface area contributed by atoms with E-state index in [1.54, 1.807) is 37.4 Å². The summed E-state index contributed by atoms with van der Waals surface area (Å²) >= 11 is 0. The van der Waals surface area contributed by atoms with Crippen molar-refractivity contribution in [3.63, 3.8) is 0 Å². The van der Waals surface area contributed by atoms with Crippen LogP contribution in [0.2, 0.25) is 0 Å². The maximum atomic E-state index is 13.3. The van der Waals surface area contributed by atoms with E-state index >= 15 is 0 Å². The summed E-state index contributed by atoms with van der Waals surface area (Å²) in [5, 5.41) is 11.2. The summed E-state index contributed by atoms with van der Waals surface area (Å²) in [6.07, 6.45) is 1.79. The first-order valence-electron chi connectivity index (χ1n) is 12.2. The second-order valence-electron chi connectivity index (χ2n) is 9.51. The first-order chi connectivity index (χ1) is 18.0. The number of hydrogen-bond donors (Lipinski definition) is 0. The van der Waals surface area contributed by atoms with E-state index < -0.39 is 14.9 Å². The number of fused-ring (bicyclic) bond motifs is 1. The number of ether oxygens (including phenoxy) is 1. The first-order valence-corrected chi connectivity index (χ1v) is 13.6. The van der Waals surface area contributed by atoms with Crippen molar-refractivity contribution in [2.45, 2.75) is 25.7 Å². The van der Waals surface area contributed by atoms with Crippen LogP contribution in [0.5, 0.6) is 0 Å². The van der Waals surface area contributed by atoms with Gasteiger partial charge in [-0.25, -0.2) is 8.42 Å². The number of carbonyl (C=O) groups is 1. The lowest BCUT2D eigenvalue weighted by molar-refractivity contribution is -0.384. The van der Waals surface area contributed by atoms with Crippen LogP contribution in [0, 0.1) is 30.9 Å². The molecule has 10 nitrogen and oxygen atoms in total. The molecule has 1 amide bonds. The highest BCUT2D eigenvalue weighted by Gasteiger charge is 2.33. The number of amides is 1. The van der Waals surface area contributed by atoms with Gasteiger partial charge in [0.05, 0.1) is 28.7 Å². The van der Waals surface area contributed by atoms with E-state index in [0.29, 0.717) is 30.0 Å². The van der Waals surface area contributed by atoms with Crippen molar-refractivity contribution < 1.29 is 22.9 Å². The van der Waals surface area contributed by atoms with E-state index in [0.717, 1.165) is 28.2 Å². The van der Waals surface area contributed by atoms with E-state index in [1.165, 1.54) is 21.3 Å². The number of aromatic nitrogens is 1. The number of benzene rings is 2. The first kappa shape index (κ1) is 25.8. The highest BCUT2D eigenvalue weighted by Crippen LogP contribution is 2.39. The monoisotopic (exact) mass is 536 g/mol. The number of non-ortho nitro benzene ring substituents is 1. The topological polar surface area (TPSA) is 115 Å². The van der Waals surface area contributed by atoms with Gasteiger partial charge in [-0.2, -0.15) is 4.31 Å². The minimum absolute atomic E-state index is 0.0232. The zero-order valence-electron chi connectivity index (χ0n) is 21.6. The normalized spacial score (nSPS) is 17.3. The van der Waals surface area contributed by atoms with Crippen molar-refractivity contribution in [2.75, 3.05) is 38.3 Å². The Morgan fingerprint density at radius 2 is 1.68 bits per heavy atom. The molecule has 0 bridgehead atoms. The average molecular weight is 537 g/mol. The molecule has 0 unspecified atom stereocenters. The van der Waals surface area contributed by atoms with Crippen LogP contribution in [-0.2, 0) is 19.6 Å². The molecule has 0 atom stereocenters. The summed E-state index contributed by atoms with van der Waals surface area (Å²) in [5.41, 5.74) is 5.74. The molecule has 0 saturated carbocycles. The van der Waals surface area contributed by atoms with Crippen molar-refractivity contribution in [1.82, 2.24) is 8.87 Å². The SMILES string of the molecule is Cc1cc([N+](=O)[O-])ccc1-n1c(C)cc(/C=C2\C(=O)N(C)c3ccc(S(=O)(=O)N4CCOCC4)cc32)c1C. The number of nitro groups is 1. The van der Waals surface area contributed by atoms with Crippen LogP contribution < -0.4 is 4.90 Å². The van der Waals surface area contributed by atoms with Crippen LogP contribution in [0.25, 0.3) is 17.3 Å². The van der Waals surface area contributed by atoms with E-state index in [-0.39, 0.29) is 29.6 Å². The van der Waals surface area contributed by atoms with Gasteiger partial charge < -0.3 is 14.2 Å². The maximum Gasteiger partial charge on any atom is 0.269 e. The minimum Gasteiger partial charge on any atom is -0.379 e. The van der Waals surface area contributed by atoms with Gasteiger partial charge in [-0.15, -0.1) is 0 Å². The molecule has 3 heterocycles. The quantitative estimate of drug-likeness (QED) is 0.278. The number of hydrogen-bond acceptors (Lipinski definition) is 6. The number of aryl methyl sites for hydroxylation is 2. The minimum atomic E-state index is -3.73. The zero-order chi connectivity index (χ0) is 27.4. The molecule has 1 fully saturated rings. The maximum absolute atomic E-state index is 13.3. The highest BCUT2D eigenvalue weighted by atomic mass is 32.2. The summed E-state index contributed by atoms with van der Waals surface area (Å²) < 4.78 is 35.3. The lowest BCUT2D eigenvalue weighted by Gasteiger charge is -2.26. The third-order valence-corrected chi connectivity index (χ3v) is 9.06. The fraction of sp³-hybridized carbons (Fsp3) is 0.296. The molecule has 0 spiro atoms. The van der Waals surface area contributed by atoms with Crippen LogP contribution in [0.15, 0.2) is 47.4 Å². The predicted octanol–water partition coefficient (Wildman–Crippen LogP) is 3.85. The van der Waals surface area contributed by atoms with Crippen LogP contribution >= 0.6 is 0 Å². The molecule has 2 aliphatic rings.